The lowest BCUT2D eigenvalue weighted by molar-refractivity contribution is -0.127. The highest BCUT2D eigenvalue weighted by Gasteiger charge is 2.13. The van der Waals surface area contributed by atoms with Crippen LogP contribution in [0.4, 0.5) is 0 Å². The highest BCUT2D eigenvalue weighted by molar-refractivity contribution is 7.84. The number of amides is 1. The molecule has 0 N–H and O–H groups in total. The van der Waals surface area contributed by atoms with Crippen molar-refractivity contribution >= 4 is 16.7 Å². The molecule has 0 spiro atoms. The predicted octanol–water partition coefficient (Wildman–Crippen LogP) is 1.92. The summed E-state index contributed by atoms with van der Waals surface area (Å²) in [6.07, 6.45) is 0.298. The number of carbonyl (C=O) groups excluding carboxylic acids is 1. The second kappa shape index (κ2) is 7.81. The molecule has 1 unspecified atom stereocenters. The quantitative estimate of drug-likeness (QED) is 0.805. The SMILES string of the molecule is Cc1cc(C)cc(CS(=O)CC(=O)N(C)CCC#N)c1. The molecule has 0 radical (unpaired) electrons. The highest BCUT2D eigenvalue weighted by atomic mass is 32.2. The van der Waals surface area contributed by atoms with E-state index < -0.39 is 10.8 Å². The van der Waals surface area contributed by atoms with Gasteiger partial charge in [-0.3, -0.25) is 9.00 Å². The van der Waals surface area contributed by atoms with Gasteiger partial charge in [-0.15, -0.1) is 0 Å². The highest BCUT2D eigenvalue weighted by Crippen LogP contribution is 2.11. The average molecular weight is 292 g/mol. The Hall–Kier alpha value is -1.67. The van der Waals surface area contributed by atoms with Crippen LogP contribution >= 0.6 is 0 Å². The molecule has 0 saturated heterocycles. The van der Waals surface area contributed by atoms with Crippen molar-refractivity contribution in [1.29, 1.82) is 5.26 Å². The van der Waals surface area contributed by atoms with E-state index in [1.165, 1.54) is 4.90 Å². The van der Waals surface area contributed by atoms with Crippen LogP contribution in [0.1, 0.15) is 23.1 Å². The van der Waals surface area contributed by atoms with E-state index in [1.807, 2.05) is 32.0 Å². The van der Waals surface area contributed by atoms with Gasteiger partial charge >= 0.3 is 0 Å². The van der Waals surface area contributed by atoms with Gasteiger partial charge in [-0.1, -0.05) is 29.3 Å². The van der Waals surface area contributed by atoms with E-state index in [-0.39, 0.29) is 11.7 Å². The number of carbonyl (C=O) groups is 1. The van der Waals surface area contributed by atoms with Gasteiger partial charge in [0.15, 0.2) is 0 Å². The average Bonchev–Trinajstić information content (AvgIpc) is 2.34. The third-order valence-electron chi connectivity index (χ3n) is 2.88. The zero-order valence-corrected chi connectivity index (χ0v) is 13.0. The van der Waals surface area contributed by atoms with Crippen molar-refractivity contribution in [3.63, 3.8) is 0 Å². The number of hydrogen-bond acceptors (Lipinski definition) is 3. The van der Waals surface area contributed by atoms with Crippen molar-refractivity contribution in [3.8, 4) is 6.07 Å². The topological polar surface area (TPSA) is 61.2 Å². The summed E-state index contributed by atoms with van der Waals surface area (Å²) in [5.41, 5.74) is 3.26. The molecule has 0 aliphatic heterocycles. The van der Waals surface area contributed by atoms with Crippen molar-refractivity contribution in [2.45, 2.75) is 26.0 Å². The molecule has 20 heavy (non-hydrogen) atoms. The second-order valence-corrected chi connectivity index (χ2v) is 6.40. The van der Waals surface area contributed by atoms with Gasteiger partial charge in [0.1, 0.15) is 5.75 Å². The van der Waals surface area contributed by atoms with E-state index in [1.54, 1.807) is 7.05 Å². The summed E-state index contributed by atoms with van der Waals surface area (Å²) >= 11 is 0. The first-order chi connectivity index (χ1) is 9.42. The Labute approximate surface area is 122 Å². The molecule has 4 nitrogen and oxygen atoms in total. The molecule has 0 fully saturated rings. The second-order valence-electron chi connectivity index (χ2n) is 4.95. The minimum absolute atomic E-state index is 0.00885. The molecule has 0 heterocycles. The molecular formula is C15H20N2O2S. The maximum absolute atomic E-state index is 12.0. The number of hydrogen-bond donors (Lipinski definition) is 0. The first kappa shape index (κ1) is 16.4. The summed E-state index contributed by atoms with van der Waals surface area (Å²) in [4.78, 5) is 13.3. The minimum Gasteiger partial charge on any atom is -0.344 e. The van der Waals surface area contributed by atoms with Crippen LogP contribution in [0.25, 0.3) is 0 Å². The fourth-order valence-corrected chi connectivity index (χ4v) is 3.12. The smallest absolute Gasteiger partial charge is 0.234 e. The van der Waals surface area contributed by atoms with Gasteiger partial charge in [0.25, 0.3) is 0 Å². The van der Waals surface area contributed by atoms with E-state index in [2.05, 4.69) is 6.07 Å². The van der Waals surface area contributed by atoms with Crippen LogP contribution in [-0.4, -0.2) is 34.4 Å². The fourth-order valence-electron chi connectivity index (χ4n) is 1.98. The van der Waals surface area contributed by atoms with Crippen LogP contribution in [0.15, 0.2) is 18.2 Å². The lowest BCUT2D eigenvalue weighted by atomic mass is 10.1. The van der Waals surface area contributed by atoms with Crippen LogP contribution in [0.3, 0.4) is 0 Å². The molecule has 108 valence electrons. The van der Waals surface area contributed by atoms with Crippen LogP contribution in [0.5, 0.6) is 0 Å². The van der Waals surface area contributed by atoms with Crippen molar-refractivity contribution in [2.75, 3.05) is 19.3 Å². The number of aryl methyl sites for hydroxylation is 2. The number of nitriles is 1. The standard InChI is InChI=1S/C15H20N2O2S/c1-12-7-13(2)9-14(8-12)10-20(19)11-15(18)17(3)6-4-5-16/h7-9H,4,6,10-11H2,1-3H3. The van der Waals surface area contributed by atoms with Crippen molar-refractivity contribution < 1.29 is 9.00 Å². The maximum Gasteiger partial charge on any atom is 0.234 e. The first-order valence-electron chi connectivity index (χ1n) is 6.45. The predicted molar refractivity (Wildman–Crippen MR) is 80.5 cm³/mol. The maximum atomic E-state index is 12.0. The van der Waals surface area contributed by atoms with Crippen LogP contribution in [0.2, 0.25) is 0 Å². The summed E-state index contributed by atoms with van der Waals surface area (Å²) in [5.74, 6) is 0.220. The zero-order valence-electron chi connectivity index (χ0n) is 12.2. The molecule has 0 aliphatic carbocycles. The largest absolute Gasteiger partial charge is 0.344 e. The van der Waals surface area contributed by atoms with Gasteiger partial charge in [-0.2, -0.15) is 5.26 Å². The van der Waals surface area contributed by atoms with Gasteiger partial charge in [0.05, 0.1) is 12.5 Å². The van der Waals surface area contributed by atoms with Crippen molar-refractivity contribution in [3.05, 3.63) is 34.9 Å². The molecule has 0 bridgehead atoms. The Balaban J connectivity index is 2.55. The third kappa shape index (κ3) is 5.54. The lowest BCUT2D eigenvalue weighted by Gasteiger charge is -2.15. The monoisotopic (exact) mass is 292 g/mol. The van der Waals surface area contributed by atoms with E-state index in [9.17, 15) is 9.00 Å². The summed E-state index contributed by atoms with van der Waals surface area (Å²) in [6, 6.07) is 8.04. The summed E-state index contributed by atoms with van der Waals surface area (Å²) in [7, 11) is 0.415. The van der Waals surface area contributed by atoms with Gasteiger partial charge in [0, 0.05) is 30.1 Å². The van der Waals surface area contributed by atoms with Gasteiger partial charge in [-0.25, -0.2) is 0 Å². The molecule has 1 aromatic rings. The van der Waals surface area contributed by atoms with E-state index in [0.717, 1.165) is 16.7 Å². The summed E-state index contributed by atoms with van der Waals surface area (Å²) in [5, 5.41) is 8.48. The Bertz CT molecular complexity index is 529. The fraction of sp³-hybridized carbons (Fsp3) is 0.467. The molecule has 5 heteroatoms. The molecule has 1 amide bonds. The first-order valence-corrected chi connectivity index (χ1v) is 7.94. The van der Waals surface area contributed by atoms with Gasteiger partial charge in [0.2, 0.25) is 5.91 Å². The van der Waals surface area contributed by atoms with E-state index in [0.29, 0.717) is 18.7 Å². The molecule has 0 aromatic heterocycles. The minimum atomic E-state index is -1.22. The molecule has 0 aliphatic rings. The normalized spacial score (nSPS) is 11.7. The summed E-state index contributed by atoms with van der Waals surface area (Å²) < 4.78 is 12.0. The zero-order chi connectivity index (χ0) is 15.1. The lowest BCUT2D eigenvalue weighted by Crippen LogP contribution is -2.31. The summed E-state index contributed by atoms with van der Waals surface area (Å²) in [6.45, 7) is 4.39. The molecule has 1 atom stereocenters. The molecule has 1 aromatic carbocycles. The molecule has 0 saturated carbocycles. The van der Waals surface area contributed by atoms with E-state index >= 15 is 0 Å². The van der Waals surface area contributed by atoms with Crippen LogP contribution in [-0.2, 0) is 21.3 Å². The van der Waals surface area contributed by atoms with Gasteiger partial charge < -0.3 is 4.90 Å². The Morgan fingerprint density at radius 3 is 2.45 bits per heavy atom. The van der Waals surface area contributed by atoms with Gasteiger partial charge in [-0.05, 0) is 19.4 Å². The Morgan fingerprint density at radius 1 is 1.30 bits per heavy atom. The van der Waals surface area contributed by atoms with Crippen LogP contribution in [0, 0.1) is 25.2 Å². The third-order valence-corrected chi connectivity index (χ3v) is 4.10. The molecule has 1 rings (SSSR count). The van der Waals surface area contributed by atoms with E-state index in [4.69, 9.17) is 5.26 Å². The Morgan fingerprint density at radius 2 is 1.90 bits per heavy atom. The molecular weight excluding hydrogens is 272 g/mol. The van der Waals surface area contributed by atoms with Crippen molar-refractivity contribution in [1.82, 2.24) is 4.90 Å². The number of nitrogens with zero attached hydrogens (tertiary/aromatic N) is 2. The Kier molecular flexibility index (Phi) is 6.40. The van der Waals surface area contributed by atoms with Crippen LogP contribution < -0.4 is 0 Å². The number of rotatable bonds is 6. The van der Waals surface area contributed by atoms with Crippen molar-refractivity contribution in [2.24, 2.45) is 0 Å². The number of benzene rings is 1.